The molecule has 0 fully saturated rings. The molecule has 0 saturated carbocycles. The Morgan fingerprint density at radius 1 is 1.47 bits per heavy atom. The van der Waals surface area contributed by atoms with Gasteiger partial charge in [0.1, 0.15) is 11.3 Å². The van der Waals surface area contributed by atoms with E-state index in [1.54, 1.807) is 4.98 Å². The summed E-state index contributed by atoms with van der Waals surface area (Å²) in [5.74, 6) is -1.06. The van der Waals surface area contributed by atoms with Crippen LogP contribution >= 0.6 is 0 Å². The summed E-state index contributed by atoms with van der Waals surface area (Å²) in [5, 5.41) is 0. The van der Waals surface area contributed by atoms with Crippen LogP contribution in [0.2, 0.25) is 0 Å². The summed E-state index contributed by atoms with van der Waals surface area (Å²) in [6, 6.07) is 0.823. The normalized spacial score (nSPS) is 11.5. The van der Waals surface area contributed by atoms with E-state index in [0.717, 1.165) is 13.0 Å². The summed E-state index contributed by atoms with van der Waals surface area (Å²) in [5.41, 5.74) is 1.76. The number of halogens is 3. The number of pyridine rings is 1. The molecule has 3 N–H and O–H groups in total. The lowest BCUT2D eigenvalue weighted by atomic mass is 10.1. The summed E-state index contributed by atoms with van der Waals surface area (Å²) in [6.07, 6.45) is -4.65. The van der Waals surface area contributed by atoms with Crippen molar-refractivity contribution in [1.29, 1.82) is 0 Å². The molecule has 0 spiro atoms. The maximum absolute atomic E-state index is 12.3. The molecule has 1 aromatic rings. The highest BCUT2D eigenvalue weighted by Crippen LogP contribution is 2.29. The first-order valence-electron chi connectivity index (χ1n) is 3.84. The number of carbonyl (C=O) groups is 1. The van der Waals surface area contributed by atoms with Crippen molar-refractivity contribution >= 4 is 5.91 Å². The van der Waals surface area contributed by atoms with Crippen molar-refractivity contribution < 1.29 is 18.0 Å². The molecule has 7 heteroatoms. The second-order valence-electron chi connectivity index (χ2n) is 2.93. The largest absolute Gasteiger partial charge is 0.431 e. The number of primary amides is 1. The van der Waals surface area contributed by atoms with Gasteiger partial charge in [0.15, 0.2) is 0 Å². The van der Waals surface area contributed by atoms with Gasteiger partial charge in [0, 0.05) is 0 Å². The SMILES string of the molecule is Cc1cc(C(N)=O)c(=O)[nH]c1C(F)(F)F. The molecular weight excluding hydrogens is 213 g/mol. The Kier molecular flexibility index (Phi) is 2.57. The molecule has 0 bridgehead atoms. The number of hydrogen-bond acceptors (Lipinski definition) is 2. The number of aromatic nitrogens is 1. The average Bonchev–Trinajstić information content (AvgIpc) is 2.06. The van der Waals surface area contributed by atoms with Gasteiger partial charge in [-0.25, -0.2) is 0 Å². The minimum absolute atomic E-state index is 0.254. The molecular formula is C8H7F3N2O2. The number of amides is 1. The fourth-order valence-electron chi connectivity index (χ4n) is 1.11. The Balaban J connectivity index is 3.46. The van der Waals surface area contributed by atoms with Crippen LogP contribution in [-0.4, -0.2) is 10.9 Å². The predicted octanol–water partition coefficient (Wildman–Crippen LogP) is 0.801. The van der Waals surface area contributed by atoms with Gasteiger partial charge in [-0.2, -0.15) is 13.2 Å². The topological polar surface area (TPSA) is 76.0 Å². The first-order chi connectivity index (χ1) is 6.73. The molecule has 1 amide bonds. The van der Waals surface area contributed by atoms with Gasteiger partial charge in [0.05, 0.1) is 0 Å². The standard InChI is InChI=1S/C8H7F3N2O2/c1-3-2-4(6(12)14)7(15)13-5(3)8(9,10)11/h2H,1H3,(H2,12,14)(H,13,15). The molecule has 0 aliphatic carbocycles. The highest BCUT2D eigenvalue weighted by Gasteiger charge is 2.34. The maximum Gasteiger partial charge on any atom is 0.431 e. The highest BCUT2D eigenvalue weighted by atomic mass is 19.4. The number of aryl methyl sites for hydroxylation is 1. The van der Waals surface area contributed by atoms with E-state index in [9.17, 15) is 22.8 Å². The zero-order valence-electron chi connectivity index (χ0n) is 7.61. The Morgan fingerprint density at radius 2 is 2.00 bits per heavy atom. The monoisotopic (exact) mass is 220 g/mol. The number of nitrogens with one attached hydrogen (secondary N) is 1. The van der Waals surface area contributed by atoms with E-state index in [1.165, 1.54) is 0 Å². The zero-order valence-corrected chi connectivity index (χ0v) is 7.61. The number of rotatable bonds is 1. The Bertz CT molecular complexity index is 462. The van der Waals surface area contributed by atoms with E-state index in [1.807, 2.05) is 0 Å². The Hall–Kier alpha value is -1.79. The quantitative estimate of drug-likeness (QED) is 0.734. The minimum atomic E-state index is -4.65. The Labute approximate surface area is 81.9 Å². The summed E-state index contributed by atoms with van der Waals surface area (Å²) in [7, 11) is 0. The van der Waals surface area contributed by atoms with Gasteiger partial charge in [-0.1, -0.05) is 0 Å². The molecule has 0 aliphatic heterocycles. The van der Waals surface area contributed by atoms with Crippen LogP contribution in [0.3, 0.4) is 0 Å². The fourth-order valence-corrected chi connectivity index (χ4v) is 1.11. The van der Waals surface area contributed by atoms with E-state index in [0.29, 0.717) is 0 Å². The first kappa shape index (κ1) is 11.3. The highest BCUT2D eigenvalue weighted by molar-refractivity contribution is 5.92. The third-order valence-electron chi connectivity index (χ3n) is 1.79. The number of alkyl halides is 3. The van der Waals surface area contributed by atoms with Crippen LogP contribution in [0.25, 0.3) is 0 Å². The van der Waals surface area contributed by atoms with E-state index >= 15 is 0 Å². The van der Waals surface area contributed by atoms with Crippen LogP contribution in [0, 0.1) is 6.92 Å². The van der Waals surface area contributed by atoms with Gasteiger partial charge in [0.2, 0.25) is 0 Å². The summed E-state index contributed by atoms with van der Waals surface area (Å²) < 4.78 is 36.8. The van der Waals surface area contributed by atoms with Crippen molar-refractivity contribution in [1.82, 2.24) is 4.98 Å². The molecule has 0 aromatic carbocycles. The number of carbonyl (C=O) groups excluding carboxylic acids is 1. The van der Waals surface area contributed by atoms with Gasteiger partial charge < -0.3 is 10.7 Å². The van der Waals surface area contributed by atoms with E-state index in [-0.39, 0.29) is 5.56 Å². The molecule has 0 aliphatic rings. The van der Waals surface area contributed by atoms with Crippen LogP contribution in [-0.2, 0) is 6.18 Å². The molecule has 0 radical (unpaired) electrons. The molecule has 1 heterocycles. The Morgan fingerprint density at radius 3 is 2.40 bits per heavy atom. The molecule has 4 nitrogen and oxygen atoms in total. The van der Waals surface area contributed by atoms with Gasteiger partial charge in [-0.3, -0.25) is 9.59 Å². The molecule has 1 rings (SSSR count). The first-order valence-corrected chi connectivity index (χ1v) is 3.84. The second kappa shape index (κ2) is 3.41. The van der Waals surface area contributed by atoms with Gasteiger partial charge in [0.25, 0.3) is 11.5 Å². The predicted molar refractivity (Wildman–Crippen MR) is 45.3 cm³/mol. The molecule has 0 saturated heterocycles. The van der Waals surface area contributed by atoms with Crippen molar-refractivity contribution in [3.05, 3.63) is 33.2 Å². The van der Waals surface area contributed by atoms with Crippen molar-refractivity contribution in [2.75, 3.05) is 0 Å². The van der Waals surface area contributed by atoms with Crippen LogP contribution in [0.1, 0.15) is 21.6 Å². The third kappa shape index (κ3) is 2.17. The number of aromatic amines is 1. The number of H-pyrrole nitrogens is 1. The smallest absolute Gasteiger partial charge is 0.365 e. The lowest BCUT2D eigenvalue weighted by Crippen LogP contribution is -2.27. The summed E-state index contributed by atoms with van der Waals surface area (Å²) >= 11 is 0. The lowest BCUT2D eigenvalue weighted by molar-refractivity contribution is -0.141. The van der Waals surface area contributed by atoms with Crippen LogP contribution in [0.15, 0.2) is 10.9 Å². The van der Waals surface area contributed by atoms with Crippen LogP contribution in [0.5, 0.6) is 0 Å². The van der Waals surface area contributed by atoms with Crippen molar-refractivity contribution in [2.24, 2.45) is 5.73 Å². The summed E-state index contributed by atoms with van der Waals surface area (Å²) in [6.45, 7) is 1.13. The third-order valence-corrected chi connectivity index (χ3v) is 1.79. The minimum Gasteiger partial charge on any atom is -0.365 e. The number of hydrogen-bond donors (Lipinski definition) is 2. The van der Waals surface area contributed by atoms with E-state index < -0.39 is 28.9 Å². The lowest BCUT2D eigenvalue weighted by Gasteiger charge is -2.09. The van der Waals surface area contributed by atoms with Crippen LogP contribution in [0.4, 0.5) is 13.2 Å². The number of nitrogens with two attached hydrogens (primary N) is 1. The van der Waals surface area contributed by atoms with Crippen molar-refractivity contribution in [3.63, 3.8) is 0 Å². The van der Waals surface area contributed by atoms with Crippen molar-refractivity contribution in [2.45, 2.75) is 13.1 Å². The second-order valence-corrected chi connectivity index (χ2v) is 2.93. The maximum atomic E-state index is 12.3. The molecule has 82 valence electrons. The van der Waals surface area contributed by atoms with E-state index in [2.05, 4.69) is 0 Å². The van der Waals surface area contributed by atoms with Crippen molar-refractivity contribution in [3.8, 4) is 0 Å². The molecule has 1 aromatic heterocycles. The molecule has 15 heavy (non-hydrogen) atoms. The van der Waals surface area contributed by atoms with E-state index in [4.69, 9.17) is 5.73 Å². The summed E-state index contributed by atoms with van der Waals surface area (Å²) in [4.78, 5) is 23.3. The fraction of sp³-hybridized carbons (Fsp3) is 0.250. The zero-order chi connectivity index (χ0) is 11.8. The van der Waals surface area contributed by atoms with Gasteiger partial charge in [-0.15, -0.1) is 0 Å². The average molecular weight is 220 g/mol. The van der Waals surface area contributed by atoms with Gasteiger partial charge >= 0.3 is 6.18 Å². The molecule has 0 unspecified atom stereocenters. The van der Waals surface area contributed by atoms with Crippen LogP contribution < -0.4 is 11.3 Å². The molecule has 0 atom stereocenters. The van der Waals surface area contributed by atoms with Gasteiger partial charge in [-0.05, 0) is 18.6 Å².